The van der Waals surface area contributed by atoms with E-state index in [1.165, 1.54) is 0 Å². The molecule has 30 heavy (non-hydrogen) atoms. The molecule has 11 nitrogen and oxygen atoms in total. The van der Waals surface area contributed by atoms with Gasteiger partial charge in [0.2, 0.25) is 11.8 Å². The molecule has 0 aliphatic carbocycles. The quantitative estimate of drug-likeness (QED) is 0.314. The van der Waals surface area contributed by atoms with Crippen molar-refractivity contribution in [2.24, 2.45) is 0 Å². The smallest absolute Gasteiger partial charge is 0.414 e. The number of nitrogens with zero attached hydrogens (tertiary/aromatic N) is 2. The van der Waals surface area contributed by atoms with Crippen LogP contribution in [0.5, 0.6) is 17.4 Å². The number of aromatic hydroxyl groups is 1. The summed E-state index contributed by atoms with van der Waals surface area (Å²) in [6.45, 7) is 2.16. The maximum absolute atomic E-state index is 9.53. The number of anilines is 1. The van der Waals surface area contributed by atoms with Crippen LogP contribution >= 0.6 is 0 Å². The number of nitrogens with one attached hydrogen (secondary N) is 1. The Morgan fingerprint density at radius 1 is 1.27 bits per heavy atom. The second-order valence-corrected chi connectivity index (χ2v) is 6.34. The average molecular weight is 420 g/mol. The lowest BCUT2D eigenvalue weighted by atomic mass is 10.0. The fraction of sp³-hybridized carbons (Fsp3) is 0.368. The largest absolute Gasteiger partial charge is 0.508 e. The molecule has 0 spiro atoms. The predicted molar refractivity (Wildman–Crippen MR) is 106 cm³/mol. The Morgan fingerprint density at radius 2 is 2.03 bits per heavy atom. The zero-order valence-electron chi connectivity index (χ0n) is 16.2. The van der Waals surface area contributed by atoms with Crippen molar-refractivity contribution in [2.75, 3.05) is 25.4 Å². The van der Waals surface area contributed by atoms with Gasteiger partial charge >= 0.3 is 11.9 Å². The van der Waals surface area contributed by atoms with Crippen molar-refractivity contribution in [1.82, 2.24) is 15.3 Å². The van der Waals surface area contributed by atoms with E-state index < -0.39 is 11.9 Å². The van der Waals surface area contributed by atoms with Gasteiger partial charge < -0.3 is 35.8 Å². The fourth-order valence-electron chi connectivity index (χ4n) is 2.63. The highest BCUT2D eigenvalue weighted by molar-refractivity contribution is 6.27. The summed E-state index contributed by atoms with van der Waals surface area (Å²) < 4.78 is 11.4. The summed E-state index contributed by atoms with van der Waals surface area (Å²) >= 11 is 0. The van der Waals surface area contributed by atoms with Crippen molar-refractivity contribution < 1.29 is 34.4 Å². The molecule has 6 N–H and O–H groups in total. The highest BCUT2D eigenvalue weighted by Gasteiger charge is 2.19. The molecular weight excluding hydrogens is 396 g/mol. The molecule has 11 heteroatoms. The van der Waals surface area contributed by atoms with Crippen molar-refractivity contribution in [3.8, 4) is 17.4 Å². The third-order valence-corrected chi connectivity index (χ3v) is 4.03. The van der Waals surface area contributed by atoms with Gasteiger partial charge in [0.05, 0.1) is 6.61 Å². The number of nitrogens with two attached hydrogens (primary N) is 1. The SMILES string of the molecule is Nc1nccc(OCCCNCC2CCc3ccc(O)cc3O2)n1.O=C(O)C(=O)O. The minimum Gasteiger partial charge on any atom is -0.508 e. The van der Waals surface area contributed by atoms with Crippen LogP contribution in [-0.4, -0.2) is 63.0 Å². The molecular formula is C19H24N4O7. The molecule has 162 valence electrons. The summed E-state index contributed by atoms with van der Waals surface area (Å²) in [4.78, 5) is 26.0. The monoisotopic (exact) mass is 420 g/mol. The molecule has 1 aromatic carbocycles. The molecule has 1 aliphatic heterocycles. The average Bonchev–Trinajstić information content (AvgIpc) is 2.70. The zero-order valence-corrected chi connectivity index (χ0v) is 16.2. The number of aryl methyl sites for hydroxylation is 1. The number of phenols is 1. The van der Waals surface area contributed by atoms with Crippen LogP contribution < -0.4 is 20.5 Å². The first-order valence-electron chi connectivity index (χ1n) is 9.22. The predicted octanol–water partition coefficient (Wildman–Crippen LogP) is 0.672. The van der Waals surface area contributed by atoms with Gasteiger partial charge in [0.25, 0.3) is 0 Å². The van der Waals surface area contributed by atoms with Gasteiger partial charge in [-0.25, -0.2) is 14.6 Å². The van der Waals surface area contributed by atoms with Gasteiger partial charge in [-0.2, -0.15) is 4.98 Å². The fourth-order valence-corrected chi connectivity index (χ4v) is 2.63. The molecule has 0 bridgehead atoms. The van der Waals surface area contributed by atoms with Gasteiger partial charge in [-0.3, -0.25) is 0 Å². The number of nitrogen functional groups attached to an aromatic ring is 1. The molecule has 0 radical (unpaired) electrons. The van der Waals surface area contributed by atoms with Crippen LogP contribution in [-0.2, 0) is 16.0 Å². The maximum atomic E-state index is 9.53. The lowest BCUT2D eigenvalue weighted by Gasteiger charge is -2.26. The van der Waals surface area contributed by atoms with Crippen LogP contribution in [0.25, 0.3) is 0 Å². The number of carboxylic acids is 2. The molecule has 1 aliphatic rings. The summed E-state index contributed by atoms with van der Waals surface area (Å²) in [6.07, 6.45) is 4.50. The number of aromatic nitrogens is 2. The molecule has 1 aromatic heterocycles. The Morgan fingerprint density at radius 3 is 2.73 bits per heavy atom. The van der Waals surface area contributed by atoms with E-state index in [-0.39, 0.29) is 17.8 Å². The molecule has 1 unspecified atom stereocenters. The van der Waals surface area contributed by atoms with E-state index in [2.05, 4.69) is 15.3 Å². The first-order valence-corrected chi connectivity index (χ1v) is 9.22. The van der Waals surface area contributed by atoms with Crippen molar-refractivity contribution in [3.05, 3.63) is 36.0 Å². The van der Waals surface area contributed by atoms with Gasteiger partial charge in [-0.05, 0) is 37.4 Å². The van der Waals surface area contributed by atoms with Gasteiger partial charge in [-0.15, -0.1) is 0 Å². The molecule has 3 rings (SSSR count). The Labute approximate surface area is 172 Å². The van der Waals surface area contributed by atoms with Crippen molar-refractivity contribution >= 4 is 17.9 Å². The van der Waals surface area contributed by atoms with Crippen LogP contribution in [0.3, 0.4) is 0 Å². The van der Waals surface area contributed by atoms with E-state index in [4.69, 9.17) is 35.0 Å². The van der Waals surface area contributed by atoms with Crippen LogP contribution in [0, 0.1) is 0 Å². The van der Waals surface area contributed by atoms with Gasteiger partial charge in [0.1, 0.15) is 17.6 Å². The van der Waals surface area contributed by atoms with Gasteiger partial charge in [0, 0.05) is 24.9 Å². The topological polar surface area (TPSA) is 177 Å². The van der Waals surface area contributed by atoms with E-state index in [1.54, 1.807) is 24.4 Å². The number of carbonyl (C=O) groups is 2. The number of ether oxygens (including phenoxy) is 2. The minimum absolute atomic E-state index is 0.127. The van der Waals surface area contributed by atoms with Crippen LogP contribution in [0.1, 0.15) is 18.4 Å². The van der Waals surface area contributed by atoms with Crippen LogP contribution in [0.2, 0.25) is 0 Å². The summed E-state index contributed by atoms with van der Waals surface area (Å²) in [5.41, 5.74) is 6.65. The third-order valence-electron chi connectivity index (χ3n) is 4.03. The Kier molecular flexibility index (Phi) is 8.63. The second-order valence-electron chi connectivity index (χ2n) is 6.34. The minimum atomic E-state index is -1.82. The van der Waals surface area contributed by atoms with Crippen molar-refractivity contribution in [2.45, 2.75) is 25.4 Å². The highest BCUT2D eigenvalue weighted by atomic mass is 16.5. The molecule has 0 fully saturated rings. The number of aliphatic carboxylic acids is 2. The van der Waals surface area contributed by atoms with Gasteiger partial charge in [0.15, 0.2) is 0 Å². The lowest BCUT2D eigenvalue weighted by Crippen LogP contribution is -2.34. The van der Waals surface area contributed by atoms with E-state index in [0.717, 1.165) is 43.7 Å². The lowest BCUT2D eigenvalue weighted by molar-refractivity contribution is -0.159. The maximum Gasteiger partial charge on any atom is 0.414 e. The number of phenolic OH excluding ortho intramolecular Hbond substituents is 1. The standard InChI is InChI=1S/C17H22N4O3.C2H2O4/c18-17-20-8-6-16(21-17)23-9-1-7-19-11-14-5-3-12-2-4-13(22)10-15(12)24-14;3-1(4)2(5)6/h2,4,6,8,10,14,19,22H,1,3,5,7,9,11H2,(H2,18,20,21);(H,3,4)(H,5,6). The number of rotatable bonds is 7. The number of fused-ring (bicyclic) bond motifs is 1. The Balaban J connectivity index is 0.000000469. The summed E-state index contributed by atoms with van der Waals surface area (Å²) in [5.74, 6) is -1.91. The second kappa shape index (κ2) is 11.4. The van der Waals surface area contributed by atoms with E-state index in [1.807, 2.05) is 6.07 Å². The molecule has 1 atom stereocenters. The number of carboxylic acid groups (broad SMARTS) is 2. The van der Waals surface area contributed by atoms with Crippen molar-refractivity contribution in [3.63, 3.8) is 0 Å². The number of hydrogen-bond acceptors (Lipinski definition) is 9. The zero-order chi connectivity index (χ0) is 21.9. The first-order chi connectivity index (χ1) is 14.3. The molecule has 2 heterocycles. The summed E-state index contributed by atoms with van der Waals surface area (Å²) in [5, 5.41) is 27.7. The highest BCUT2D eigenvalue weighted by Crippen LogP contribution is 2.30. The number of hydrogen-bond donors (Lipinski definition) is 5. The normalized spacial score (nSPS) is 14.5. The summed E-state index contributed by atoms with van der Waals surface area (Å²) in [7, 11) is 0. The Bertz CT molecular complexity index is 851. The first kappa shape index (κ1) is 22.7. The van der Waals surface area contributed by atoms with Gasteiger partial charge in [-0.1, -0.05) is 6.07 Å². The molecule has 0 saturated carbocycles. The van der Waals surface area contributed by atoms with E-state index in [9.17, 15) is 5.11 Å². The molecule has 0 saturated heterocycles. The third kappa shape index (κ3) is 7.80. The Hall–Kier alpha value is -3.60. The summed E-state index contributed by atoms with van der Waals surface area (Å²) in [6, 6.07) is 6.99. The van der Waals surface area contributed by atoms with Crippen LogP contribution in [0.15, 0.2) is 30.5 Å². The number of benzene rings is 1. The van der Waals surface area contributed by atoms with Crippen LogP contribution in [0.4, 0.5) is 5.95 Å². The molecule has 0 amide bonds. The molecule has 2 aromatic rings. The van der Waals surface area contributed by atoms with E-state index >= 15 is 0 Å². The van der Waals surface area contributed by atoms with Crippen molar-refractivity contribution in [1.29, 1.82) is 0 Å². The van der Waals surface area contributed by atoms with E-state index in [0.29, 0.717) is 12.5 Å².